The van der Waals surface area contributed by atoms with Crippen LogP contribution in [0.2, 0.25) is 0 Å². The van der Waals surface area contributed by atoms with Crippen LogP contribution < -0.4 is 0 Å². The average Bonchev–Trinajstić information content (AvgIpc) is 3.17. The standard InChI is InChI=1S/C22H25F3N4O4S/c1-15(27-9-4-10-27)29-14-19(17-5-3-6-18(13-17)34(2,31)32)26-20(29)16-7-11-28(12-8-16)33-21(30)22(23,24)25/h3-6,9,13-16H,7-8,10-12H2,1-2H3. The summed E-state index contributed by atoms with van der Waals surface area (Å²) in [4.78, 5) is 22.7. The van der Waals surface area contributed by atoms with Gasteiger partial charge in [0.1, 0.15) is 12.0 Å². The highest BCUT2D eigenvalue weighted by Crippen LogP contribution is 2.34. The summed E-state index contributed by atoms with van der Waals surface area (Å²) in [6, 6.07) is 6.57. The van der Waals surface area contributed by atoms with Crippen molar-refractivity contribution < 1.29 is 31.2 Å². The van der Waals surface area contributed by atoms with Gasteiger partial charge in [0.15, 0.2) is 9.84 Å². The second kappa shape index (κ2) is 9.06. The molecule has 12 heteroatoms. The van der Waals surface area contributed by atoms with Crippen LogP contribution in [0.5, 0.6) is 0 Å². The van der Waals surface area contributed by atoms with E-state index in [9.17, 15) is 26.4 Å². The summed E-state index contributed by atoms with van der Waals surface area (Å²) in [5, 5.41) is 1.04. The minimum absolute atomic E-state index is 0.0552. The van der Waals surface area contributed by atoms with E-state index in [0.29, 0.717) is 24.1 Å². The van der Waals surface area contributed by atoms with Crippen LogP contribution >= 0.6 is 0 Å². The fourth-order valence-corrected chi connectivity index (χ4v) is 4.74. The Morgan fingerprint density at radius 2 is 1.91 bits per heavy atom. The van der Waals surface area contributed by atoms with Crippen molar-refractivity contribution in [2.24, 2.45) is 0 Å². The van der Waals surface area contributed by atoms with Gasteiger partial charge in [-0.1, -0.05) is 12.1 Å². The highest BCUT2D eigenvalue weighted by atomic mass is 32.2. The van der Waals surface area contributed by atoms with E-state index in [1.54, 1.807) is 18.2 Å². The quantitative estimate of drug-likeness (QED) is 0.603. The molecule has 184 valence electrons. The van der Waals surface area contributed by atoms with E-state index in [0.717, 1.165) is 23.7 Å². The van der Waals surface area contributed by atoms with Crippen molar-refractivity contribution in [2.75, 3.05) is 25.9 Å². The lowest BCUT2D eigenvalue weighted by Gasteiger charge is -2.36. The third-order valence-electron chi connectivity index (χ3n) is 6.08. The Morgan fingerprint density at radius 3 is 2.47 bits per heavy atom. The SMILES string of the molecule is CC(N1C=CC1)n1cc(-c2cccc(S(C)(=O)=O)c2)nc1C1CCN(OC(=O)C(F)(F)F)CC1. The molecule has 0 saturated carbocycles. The summed E-state index contributed by atoms with van der Waals surface area (Å²) in [5.41, 5.74) is 1.27. The number of nitrogens with zero attached hydrogens (tertiary/aromatic N) is 4. The lowest BCUT2D eigenvalue weighted by atomic mass is 9.97. The smallest absolute Gasteiger partial charge is 0.361 e. The number of carbonyl (C=O) groups is 1. The Labute approximate surface area is 195 Å². The van der Waals surface area contributed by atoms with Crippen LogP contribution in [0.3, 0.4) is 0 Å². The zero-order chi connectivity index (χ0) is 24.7. The molecule has 0 amide bonds. The number of sulfone groups is 1. The van der Waals surface area contributed by atoms with Gasteiger partial charge in [-0.2, -0.15) is 13.2 Å². The summed E-state index contributed by atoms with van der Waals surface area (Å²) in [6.45, 7) is 3.10. The molecule has 2 aliphatic heterocycles. The number of hydrogen-bond acceptors (Lipinski definition) is 7. The summed E-state index contributed by atoms with van der Waals surface area (Å²) in [6.07, 6.45) is 2.83. The molecule has 1 aromatic heterocycles. The van der Waals surface area contributed by atoms with Gasteiger partial charge in [0, 0.05) is 43.6 Å². The number of imidazole rings is 1. The van der Waals surface area contributed by atoms with E-state index in [-0.39, 0.29) is 30.1 Å². The van der Waals surface area contributed by atoms with Crippen LogP contribution in [0.25, 0.3) is 11.3 Å². The number of rotatable bonds is 6. The van der Waals surface area contributed by atoms with E-state index in [4.69, 9.17) is 4.98 Å². The number of piperidine rings is 1. The molecule has 0 aliphatic carbocycles. The molecule has 0 N–H and O–H groups in total. The summed E-state index contributed by atoms with van der Waals surface area (Å²) in [7, 11) is -3.39. The largest absolute Gasteiger partial charge is 0.492 e. The van der Waals surface area contributed by atoms with E-state index in [1.807, 2.05) is 30.0 Å². The Balaban J connectivity index is 1.59. The molecule has 0 radical (unpaired) electrons. The molecular formula is C22H25F3N4O4S. The first-order valence-electron chi connectivity index (χ1n) is 10.8. The van der Waals surface area contributed by atoms with Gasteiger partial charge >= 0.3 is 12.1 Å². The molecular weight excluding hydrogens is 473 g/mol. The normalized spacial score (nSPS) is 18.6. The van der Waals surface area contributed by atoms with Gasteiger partial charge in [0.25, 0.3) is 0 Å². The highest BCUT2D eigenvalue weighted by Gasteiger charge is 2.43. The molecule has 4 rings (SSSR count). The Kier molecular flexibility index (Phi) is 6.47. The fraction of sp³-hybridized carbons (Fsp3) is 0.455. The fourth-order valence-electron chi connectivity index (χ4n) is 4.07. The first-order chi connectivity index (χ1) is 15.9. The predicted molar refractivity (Wildman–Crippen MR) is 117 cm³/mol. The third kappa shape index (κ3) is 5.12. The van der Waals surface area contributed by atoms with Crippen LogP contribution in [0, 0.1) is 0 Å². The lowest BCUT2D eigenvalue weighted by molar-refractivity contribution is -0.241. The Bertz CT molecular complexity index is 1200. The van der Waals surface area contributed by atoms with Crippen LogP contribution in [0.1, 0.15) is 37.7 Å². The molecule has 0 bridgehead atoms. The van der Waals surface area contributed by atoms with Crippen LogP contribution in [0.15, 0.2) is 47.6 Å². The number of hydroxylamine groups is 2. The van der Waals surface area contributed by atoms with E-state index < -0.39 is 22.0 Å². The molecule has 1 aromatic carbocycles. The molecule has 0 spiro atoms. The van der Waals surface area contributed by atoms with Crippen LogP contribution in [-0.2, 0) is 19.5 Å². The van der Waals surface area contributed by atoms with E-state index in [1.165, 1.54) is 6.07 Å². The molecule has 2 aromatic rings. The minimum atomic E-state index is -5.04. The highest BCUT2D eigenvalue weighted by molar-refractivity contribution is 7.90. The maximum Gasteiger partial charge on any atom is 0.492 e. The number of alkyl halides is 3. The van der Waals surface area contributed by atoms with Crippen molar-refractivity contribution >= 4 is 15.8 Å². The van der Waals surface area contributed by atoms with Crippen molar-refractivity contribution in [1.29, 1.82) is 0 Å². The summed E-state index contributed by atoms with van der Waals surface area (Å²) in [5.74, 6) is -1.53. The van der Waals surface area contributed by atoms with Gasteiger partial charge in [0.05, 0.1) is 10.6 Å². The first-order valence-corrected chi connectivity index (χ1v) is 12.7. The van der Waals surface area contributed by atoms with Gasteiger partial charge in [-0.15, -0.1) is 5.06 Å². The monoisotopic (exact) mass is 498 g/mol. The molecule has 1 unspecified atom stereocenters. The van der Waals surface area contributed by atoms with Crippen LogP contribution in [-0.4, -0.2) is 66.0 Å². The molecule has 1 atom stereocenters. The van der Waals surface area contributed by atoms with Gasteiger partial charge in [-0.3, -0.25) is 0 Å². The van der Waals surface area contributed by atoms with Crippen molar-refractivity contribution in [3.8, 4) is 11.3 Å². The average molecular weight is 499 g/mol. The molecule has 3 heterocycles. The topological polar surface area (TPSA) is 84.7 Å². The van der Waals surface area contributed by atoms with Crippen LogP contribution in [0.4, 0.5) is 13.2 Å². The number of aromatic nitrogens is 2. The number of carbonyl (C=O) groups excluding carboxylic acids is 1. The zero-order valence-electron chi connectivity index (χ0n) is 18.7. The summed E-state index contributed by atoms with van der Waals surface area (Å²) >= 11 is 0. The molecule has 34 heavy (non-hydrogen) atoms. The van der Waals surface area contributed by atoms with Crippen molar-refractivity contribution in [1.82, 2.24) is 19.5 Å². The summed E-state index contributed by atoms with van der Waals surface area (Å²) < 4.78 is 63.5. The maximum atomic E-state index is 12.5. The zero-order valence-corrected chi connectivity index (χ0v) is 19.5. The second-order valence-electron chi connectivity index (χ2n) is 8.48. The van der Waals surface area contributed by atoms with Crippen molar-refractivity contribution in [3.05, 3.63) is 48.6 Å². The number of halogens is 3. The van der Waals surface area contributed by atoms with Gasteiger partial charge < -0.3 is 14.3 Å². The lowest BCUT2D eigenvalue weighted by Crippen LogP contribution is -2.40. The predicted octanol–water partition coefficient (Wildman–Crippen LogP) is 3.50. The number of hydrogen-bond donors (Lipinski definition) is 0. The second-order valence-corrected chi connectivity index (χ2v) is 10.5. The Hall–Kier alpha value is -2.86. The van der Waals surface area contributed by atoms with E-state index >= 15 is 0 Å². The first kappa shape index (κ1) is 24.3. The maximum absolute atomic E-state index is 12.5. The van der Waals surface area contributed by atoms with Crippen molar-refractivity contribution in [2.45, 2.75) is 42.9 Å². The molecule has 8 nitrogen and oxygen atoms in total. The Morgan fingerprint density at radius 1 is 1.24 bits per heavy atom. The van der Waals surface area contributed by atoms with E-state index in [2.05, 4.69) is 9.74 Å². The third-order valence-corrected chi connectivity index (χ3v) is 7.19. The van der Waals surface area contributed by atoms with Gasteiger partial charge in [0.2, 0.25) is 0 Å². The van der Waals surface area contributed by atoms with Gasteiger partial charge in [-0.05, 0) is 44.2 Å². The number of benzene rings is 1. The van der Waals surface area contributed by atoms with Gasteiger partial charge in [-0.25, -0.2) is 18.2 Å². The molecule has 1 saturated heterocycles. The minimum Gasteiger partial charge on any atom is -0.361 e. The molecule has 2 aliphatic rings. The van der Waals surface area contributed by atoms with Crippen molar-refractivity contribution in [3.63, 3.8) is 0 Å². The molecule has 1 fully saturated rings.